The second-order valence-electron chi connectivity index (χ2n) is 23.5. The van der Waals surface area contributed by atoms with Crippen LogP contribution in [-0.2, 0) is 38.0 Å². The van der Waals surface area contributed by atoms with Crippen molar-refractivity contribution in [1.82, 2.24) is 0 Å². The summed E-state index contributed by atoms with van der Waals surface area (Å²) in [6.45, 7) is 14.4. The number of allylic oxidation sites excluding steroid dienone is 2. The molecule has 0 bridgehead atoms. The summed E-state index contributed by atoms with van der Waals surface area (Å²) in [6, 6.07) is 0. The summed E-state index contributed by atoms with van der Waals surface area (Å²) in [4.78, 5) is 27.0. The van der Waals surface area contributed by atoms with Crippen molar-refractivity contribution in [1.29, 1.82) is 0 Å². The molecule has 8 rings (SSSR count). The smallest absolute Gasteiger partial charge is 0.335 e. The van der Waals surface area contributed by atoms with Gasteiger partial charge in [-0.2, -0.15) is 0 Å². The van der Waals surface area contributed by atoms with Crippen molar-refractivity contribution in [3.63, 3.8) is 0 Å². The first-order chi connectivity index (χ1) is 31.2. The third-order valence-corrected chi connectivity index (χ3v) is 19.3. The number of hydrogen-bond acceptors (Lipinski definition) is 18. The molecule has 0 aromatic rings. The first-order valence-corrected chi connectivity index (χ1v) is 24.3. The average molecular weight is 957 g/mol. The van der Waals surface area contributed by atoms with E-state index in [-0.39, 0.29) is 39.4 Å². The van der Waals surface area contributed by atoms with Gasteiger partial charge in [0.1, 0.15) is 67.1 Å². The van der Waals surface area contributed by atoms with Crippen LogP contribution >= 0.6 is 0 Å². The summed E-state index contributed by atoms with van der Waals surface area (Å²) in [5.41, 5.74) is -1.05. The van der Waals surface area contributed by atoms with Gasteiger partial charge in [0.05, 0.1) is 24.7 Å². The van der Waals surface area contributed by atoms with Crippen molar-refractivity contribution in [2.24, 2.45) is 50.2 Å². The highest BCUT2D eigenvalue weighted by Gasteiger charge is 2.70. The van der Waals surface area contributed by atoms with Crippen molar-refractivity contribution in [2.45, 2.75) is 211 Å². The minimum absolute atomic E-state index is 0.0828. The van der Waals surface area contributed by atoms with E-state index in [1.807, 2.05) is 0 Å². The molecule has 7 fully saturated rings. The molecule has 0 aromatic carbocycles. The van der Waals surface area contributed by atoms with Crippen LogP contribution in [0.2, 0.25) is 0 Å². The van der Waals surface area contributed by atoms with Crippen LogP contribution in [0.15, 0.2) is 11.6 Å². The Bertz CT molecular complexity index is 1870. The largest absolute Gasteiger partial charge is 0.479 e. The van der Waals surface area contributed by atoms with Gasteiger partial charge in [0.2, 0.25) is 6.29 Å². The number of carboxylic acids is 1. The van der Waals surface area contributed by atoms with Gasteiger partial charge in [0.25, 0.3) is 0 Å². The quantitative estimate of drug-likeness (QED) is 0.0838. The minimum Gasteiger partial charge on any atom is -0.479 e. The van der Waals surface area contributed by atoms with Gasteiger partial charge < -0.3 is 84.6 Å². The zero-order valence-electron chi connectivity index (χ0n) is 39.7. The number of ether oxygens (including phenoxy) is 6. The van der Waals surface area contributed by atoms with Crippen molar-refractivity contribution >= 4 is 11.9 Å². The maximum absolute atomic E-state index is 14.7. The summed E-state index contributed by atoms with van der Waals surface area (Å²) < 4.78 is 35.7. The molecule has 19 heteroatoms. The zero-order valence-corrected chi connectivity index (χ0v) is 39.7. The van der Waals surface area contributed by atoms with Crippen LogP contribution in [0.3, 0.4) is 0 Å². The summed E-state index contributed by atoms with van der Waals surface area (Å²) in [5.74, 6) is -1.94. The molecule has 382 valence electrons. The fraction of sp³-hybridized carbons (Fsp3) is 0.917. The third kappa shape index (κ3) is 8.06. The topological polar surface area (TPSA) is 312 Å². The zero-order chi connectivity index (χ0) is 49.1. The molecule has 0 amide bonds. The third-order valence-electron chi connectivity index (χ3n) is 19.3. The fourth-order valence-electron chi connectivity index (χ4n) is 15.0. The van der Waals surface area contributed by atoms with E-state index in [0.717, 1.165) is 38.5 Å². The van der Waals surface area contributed by atoms with E-state index in [0.29, 0.717) is 25.7 Å². The molecule has 19 nitrogen and oxygen atoms in total. The number of aliphatic hydroxyl groups excluding tert-OH is 10. The van der Waals surface area contributed by atoms with Crippen molar-refractivity contribution in [2.75, 3.05) is 13.2 Å². The second kappa shape index (κ2) is 18.0. The Kier molecular flexibility index (Phi) is 13.8. The van der Waals surface area contributed by atoms with Crippen LogP contribution < -0.4 is 0 Å². The van der Waals surface area contributed by atoms with Crippen molar-refractivity contribution in [3.8, 4) is 0 Å². The lowest BCUT2D eigenvalue weighted by Gasteiger charge is -2.71. The summed E-state index contributed by atoms with van der Waals surface area (Å²) in [5, 5.41) is 115. The van der Waals surface area contributed by atoms with E-state index in [1.54, 1.807) is 0 Å². The Morgan fingerprint density at radius 1 is 0.642 bits per heavy atom. The number of aliphatic hydroxyl groups is 10. The number of carbonyl (C=O) groups excluding carboxylic acids is 1. The molecule has 0 spiro atoms. The standard InChI is InChI=1S/C48H76O19/c1-43(2)14-16-48(42(61)67-40-35(58)31(54)29(52)24(20-50)63-40)17-15-46(6)21(22(48)18-43)8-9-26-45(5)12-11-27(44(3,4)25(45)10-13-47(26,46)7)64-41-37(33(56)32(55)36(65-41)38(59)60)66-39-34(57)30(53)28(51)23(19-49)62-39/h8,22-37,39-41,49-58H,9-20H2,1-7H3,(H,59,60)/t22-,23?,24+,25?,26?,27-,28?,29+,30?,31-,32-,33-,34?,35+,36-,37+,39?,40-,41+,45-,46+,47+,48-/m0/s1. The van der Waals surface area contributed by atoms with Gasteiger partial charge in [0, 0.05) is 0 Å². The molecule has 3 heterocycles. The number of esters is 1. The van der Waals surface area contributed by atoms with E-state index in [1.165, 1.54) is 5.57 Å². The van der Waals surface area contributed by atoms with Gasteiger partial charge in [-0.3, -0.25) is 4.79 Å². The lowest BCUT2D eigenvalue weighted by molar-refractivity contribution is -0.374. The Morgan fingerprint density at radius 2 is 1.24 bits per heavy atom. The second-order valence-corrected chi connectivity index (χ2v) is 23.5. The van der Waals surface area contributed by atoms with E-state index in [2.05, 4.69) is 54.5 Å². The Balaban J connectivity index is 1.05. The molecule has 67 heavy (non-hydrogen) atoms. The lowest BCUT2D eigenvalue weighted by atomic mass is 9.33. The maximum Gasteiger partial charge on any atom is 0.335 e. The number of rotatable bonds is 9. The first kappa shape index (κ1) is 51.4. The molecule has 0 radical (unpaired) electrons. The summed E-state index contributed by atoms with van der Waals surface area (Å²) >= 11 is 0. The normalized spacial score (nSPS) is 52.6. The Morgan fingerprint density at radius 3 is 1.85 bits per heavy atom. The van der Waals surface area contributed by atoms with Gasteiger partial charge in [0.15, 0.2) is 18.7 Å². The molecule has 3 aliphatic heterocycles. The number of carboxylic acid groups (broad SMARTS) is 1. The SMILES string of the molecule is CC1(C)CC[C@]2(C(=O)O[C@@H]3O[C@H](CO)[C@@H](O)[C@H](O)[C@H]3O)CC[C@]3(C)C(=CCC4[C@@]5(C)CC[C@H](O[C@@H]6O[C@H](C(=O)O)[C@@H](O)[C@H](O)[C@H]6OC6OC(CO)C(O)C(O)C6O)C(C)(C)C5CC[C@]43C)[C@@H]2C1. The summed E-state index contributed by atoms with van der Waals surface area (Å²) in [6.07, 6.45) is -16.4. The van der Waals surface area contributed by atoms with E-state index in [9.17, 15) is 65.8 Å². The van der Waals surface area contributed by atoms with E-state index < -0.39 is 134 Å². The fourth-order valence-corrected chi connectivity index (χ4v) is 15.0. The molecule has 5 aliphatic carbocycles. The van der Waals surface area contributed by atoms with Gasteiger partial charge in [-0.05, 0) is 109 Å². The first-order valence-electron chi connectivity index (χ1n) is 24.3. The number of hydrogen-bond donors (Lipinski definition) is 11. The number of fused-ring (bicyclic) bond motifs is 7. The molecule has 11 N–H and O–H groups in total. The number of aliphatic carboxylic acids is 1. The molecule has 8 aliphatic rings. The predicted octanol–water partition coefficient (Wildman–Crippen LogP) is 0.233. The number of carbonyl (C=O) groups is 2. The Hall–Kier alpha value is -1.92. The molecular formula is C48H76O19. The van der Waals surface area contributed by atoms with E-state index >= 15 is 0 Å². The highest BCUT2D eigenvalue weighted by molar-refractivity contribution is 5.79. The van der Waals surface area contributed by atoms with Crippen LogP contribution in [0.1, 0.15) is 113 Å². The monoisotopic (exact) mass is 956 g/mol. The summed E-state index contributed by atoms with van der Waals surface area (Å²) in [7, 11) is 0. The van der Waals surface area contributed by atoms with Crippen LogP contribution in [0.5, 0.6) is 0 Å². The van der Waals surface area contributed by atoms with Crippen LogP contribution in [0, 0.1) is 50.2 Å². The van der Waals surface area contributed by atoms with Crippen LogP contribution in [0.25, 0.3) is 0 Å². The molecule has 3 saturated heterocycles. The lowest BCUT2D eigenvalue weighted by Crippen LogP contribution is -2.67. The maximum atomic E-state index is 14.7. The predicted molar refractivity (Wildman–Crippen MR) is 231 cm³/mol. The molecule has 23 atom stereocenters. The highest BCUT2D eigenvalue weighted by Crippen LogP contribution is 2.76. The van der Waals surface area contributed by atoms with Crippen molar-refractivity contribution in [3.05, 3.63) is 11.6 Å². The van der Waals surface area contributed by atoms with Gasteiger partial charge >= 0.3 is 11.9 Å². The molecule has 4 saturated carbocycles. The molecule has 7 unspecified atom stereocenters. The van der Waals surface area contributed by atoms with Gasteiger partial charge in [-0.15, -0.1) is 0 Å². The average Bonchev–Trinajstić information content (AvgIpc) is 3.26. The van der Waals surface area contributed by atoms with E-state index in [4.69, 9.17) is 28.4 Å². The molecule has 0 aromatic heterocycles. The van der Waals surface area contributed by atoms with Gasteiger partial charge in [-0.25, -0.2) is 4.79 Å². The van der Waals surface area contributed by atoms with Crippen LogP contribution in [-0.4, -0.2) is 180 Å². The minimum atomic E-state index is -1.98. The van der Waals surface area contributed by atoms with Crippen LogP contribution in [0.4, 0.5) is 0 Å². The van der Waals surface area contributed by atoms with Crippen molar-refractivity contribution < 1.29 is 94.2 Å². The Labute approximate surface area is 391 Å². The highest BCUT2D eigenvalue weighted by atomic mass is 16.8. The van der Waals surface area contributed by atoms with Gasteiger partial charge in [-0.1, -0.05) is 60.1 Å². The molecular weight excluding hydrogens is 881 g/mol.